The van der Waals surface area contributed by atoms with Crippen LogP contribution in [0.1, 0.15) is 107 Å². The predicted molar refractivity (Wildman–Crippen MR) is 241 cm³/mol. The average Bonchev–Trinajstić information content (AvgIpc) is 4.19. The number of aromatic nitrogens is 12. The van der Waals surface area contributed by atoms with Gasteiger partial charge in [0.2, 0.25) is 17.4 Å². The summed E-state index contributed by atoms with van der Waals surface area (Å²) in [5, 5.41) is 20.4. The Balaban J connectivity index is 0.000000126. The summed E-state index contributed by atoms with van der Waals surface area (Å²) in [7, 11) is 0. The highest BCUT2D eigenvalue weighted by molar-refractivity contribution is 6.28. The normalized spacial score (nSPS) is 18.5. The molecule has 2 fully saturated rings. The monoisotopic (exact) mass is 859 g/mol. The Morgan fingerprint density at radius 2 is 1.22 bits per heavy atom. The lowest BCUT2D eigenvalue weighted by Crippen LogP contribution is -2.42. The molecule has 1 N–H and O–H groups in total. The minimum atomic E-state index is 0.164. The Morgan fingerprint density at radius 1 is 0.667 bits per heavy atom. The summed E-state index contributed by atoms with van der Waals surface area (Å²) in [6, 6.07) is 21.5. The molecule has 2 aliphatic carbocycles. The Labute approximate surface area is 370 Å². The largest absolute Gasteiger partial charge is 0.341 e. The summed E-state index contributed by atoms with van der Waals surface area (Å²) >= 11 is 6.05. The van der Waals surface area contributed by atoms with Crippen molar-refractivity contribution in [1.82, 2.24) is 64.3 Å². The van der Waals surface area contributed by atoms with Crippen molar-refractivity contribution < 1.29 is 0 Å². The van der Waals surface area contributed by atoms with E-state index in [1.807, 2.05) is 74.6 Å². The molecule has 5 aromatic heterocycles. The average molecular weight is 860 g/mol. The maximum Gasteiger partial charge on any atom is 0.290 e. The minimum absolute atomic E-state index is 0.164. The molecule has 0 bridgehead atoms. The van der Waals surface area contributed by atoms with Crippen LogP contribution in [-0.4, -0.2) is 76.9 Å². The Morgan fingerprint density at radius 3 is 1.78 bits per heavy atom. The molecule has 0 spiro atoms. The van der Waals surface area contributed by atoms with Crippen LogP contribution in [0.3, 0.4) is 0 Å². The maximum atomic E-state index is 6.05. The van der Waals surface area contributed by atoms with E-state index in [9.17, 15) is 0 Å². The molecule has 3 aliphatic heterocycles. The van der Waals surface area contributed by atoms with Crippen LogP contribution in [0.2, 0.25) is 5.28 Å². The van der Waals surface area contributed by atoms with Gasteiger partial charge in [-0.2, -0.15) is 9.97 Å². The summed E-state index contributed by atoms with van der Waals surface area (Å²) in [6.45, 7) is 4.39. The second-order valence-electron chi connectivity index (χ2n) is 16.1. The molecule has 63 heavy (non-hydrogen) atoms. The van der Waals surface area contributed by atoms with E-state index in [4.69, 9.17) is 21.6 Å². The number of benzene rings is 2. The van der Waals surface area contributed by atoms with Crippen LogP contribution in [0.15, 0.2) is 109 Å². The van der Waals surface area contributed by atoms with Gasteiger partial charge < -0.3 is 9.80 Å². The molecule has 7 aromatic rings. The molecule has 12 rings (SSSR count). The van der Waals surface area contributed by atoms with Crippen molar-refractivity contribution in [2.24, 2.45) is 4.99 Å². The minimum Gasteiger partial charge on any atom is -0.341 e. The van der Waals surface area contributed by atoms with E-state index >= 15 is 0 Å². The lowest BCUT2D eigenvalue weighted by molar-refractivity contribution is 0.468. The third-order valence-electron chi connectivity index (χ3n) is 12.5. The number of imidazole rings is 1. The summed E-state index contributed by atoms with van der Waals surface area (Å²) in [5.74, 6) is 6.16. The van der Waals surface area contributed by atoms with Crippen molar-refractivity contribution in [3.05, 3.63) is 133 Å². The van der Waals surface area contributed by atoms with Gasteiger partial charge in [0.15, 0.2) is 29.5 Å². The number of hydrogen-bond acceptors (Lipinski definition) is 13. The summed E-state index contributed by atoms with van der Waals surface area (Å²) < 4.78 is 6.00. The molecule has 2 saturated carbocycles. The van der Waals surface area contributed by atoms with Gasteiger partial charge in [-0.3, -0.25) is 13.7 Å². The molecule has 2 aromatic carbocycles. The smallest absolute Gasteiger partial charge is 0.290 e. The van der Waals surface area contributed by atoms with E-state index in [-0.39, 0.29) is 12.1 Å². The second kappa shape index (κ2) is 17.8. The second-order valence-corrected chi connectivity index (χ2v) is 16.5. The van der Waals surface area contributed by atoms with E-state index in [2.05, 4.69) is 87.6 Å². The first-order valence-electron chi connectivity index (χ1n) is 21.9. The fourth-order valence-electron chi connectivity index (χ4n) is 9.61. The number of halogens is 1. The number of amidine groups is 1. The molecule has 0 amide bonds. The molecule has 318 valence electrons. The molecule has 0 unspecified atom stereocenters. The van der Waals surface area contributed by atoms with Gasteiger partial charge in [0.25, 0.3) is 5.84 Å². The van der Waals surface area contributed by atoms with Gasteiger partial charge in [-0.15, -0.1) is 20.4 Å². The first-order chi connectivity index (χ1) is 31.1. The third kappa shape index (κ3) is 7.69. The zero-order valence-electron chi connectivity index (χ0n) is 35.3. The number of fused-ring (bicyclic) bond motifs is 6. The molecular weight excluding hydrogens is 812 g/mol. The van der Waals surface area contributed by atoms with E-state index in [1.165, 1.54) is 51.4 Å². The van der Waals surface area contributed by atoms with E-state index in [0.29, 0.717) is 23.3 Å². The van der Waals surface area contributed by atoms with Gasteiger partial charge in [-0.1, -0.05) is 88.1 Å². The molecule has 8 heterocycles. The topological polar surface area (TPSA) is 162 Å². The first-order valence-corrected chi connectivity index (χ1v) is 22.3. The van der Waals surface area contributed by atoms with Crippen LogP contribution >= 0.6 is 11.6 Å². The highest BCUT2D eigenvalue weighted by Crippen LogP contribution is 2.44. The highest BCUT2D eigenvalue weighted by Gasteiger charge is 2.40. The number of rotatable bonds is 7. The van der Waals surface area contributed by atoms with Crippen molar-refractivity contribution in [2.45, 2.75) is 102 Å². The lowest BCUT2D eigenvalue weighted by Gasteiger charge is -2.40. The molecule has 16 nitrogen and oxygen atoms in total. The molecular formula is C46H48ClN16+. The predicted octanol–water partition coefficient (Wildman–Crippen LogP) is 8.36. The number of nitrogens with zero attached hydrogens (tertiary/aromatic N) is 15. The Kier molecular flexibility index (Phi) is 11.4. The summed E-state index contributed by atoms with van der Waals surface area (Å²) in [5.41, 5.74) is 4.00. The number of anilines is 2. The fourth-order valence-corrected chi connectivity index (χ4v) is 9.74. The zero-order valence-corrected chi connectivity index (χ0v) is 36.0. The Bertz CT molecular complexity index is 2710. The quantitative estimate of drug-likeness (QED) is 0.121. The van der Waals surface area contributed by atoms with Gasteiger partial charge in [0.05, 0.1) is 24.5 Å². The standard InChI is InChI=1S/C23H24N8.C14H17ClN6.C9H7N2/c1-2-18-22-28-26-15-30(22)19-14-25-23(27-21(19)31(18)17-10-6-7-11-17)29-13-12-24-20(29)16-8-4-3-5-9-16;1-2-10-13-19-17-8-20(13)11-7-16-14(15)18-12(11)21(10)9-5-3-4-6-9;1-2-4-8(5-3-1)9-10-6-7-11-9/h3-5,8-9,12-15,17-18H,2,6-7,10-11H2,1H3;7-10H,2-6H2,1H3;1-6H,(H,10,11)/q;;+1/t18-;10-;/m11./s1. The van der Waals surface area contributed by atoms with Gasteiger partial charge in [0.1, 0.15) is 35.4 Å². The molecule has 2 atom stereocenters. The highest BCUT2D eigenvalue weighted by atomic mass is 35.5. The first kappa shape index (κ1) is 40.2. The number of aliphatic imine (C=N–C) groups is 1. The van der Waals surface area contributed by atoms with Gasteiger partial charge in [0, 0.05) is 35.0 Å². The van der Waals surface area contributed by atoms with E-state index in [0.717, 1.165) is 70.3 Å². The fraction of sp³-hybridized carbons (Fsp3) is 0.348. The van der Waals surface area contributed by atoms with Crippen LogP contribution in [0, 0.1) is 6.20 Å². The van der Waals surface area contributed by atoms with Gasteiger partial charge in [-0.05, 0) is 62.3 Å². The van der Waals surface area contributed by atoms with Crippen LogP contribution in [0.4, 0.5) is 11.6 Å². The maximum absolute atomic E-state index is 6.05. The van der Waals surface area contributed by atoms with Crippen LogP contribution in [0.5, 0.6) is 0 Å². The molecule has 5 aliphatic rings. The summed E-state index contributed by atoms with van der Waals surface area (Å²) in [4.78, 5) is 31.9. The van der Waals surface area contributed by atoms with E-state index in [1.54, 1.807) is 31.2 Å². The summed E-state index contributed by atoms with van der Waals surface area (Å²) in [6.07, 6.45) is 27.1. The van der Waals surface area contributed by atoms with Crippen molar-refractivity contribution in [3.63, 3.8) is 0 Å². The molecule has 17 heteroatoms. The van der Waals surface area contributed by atoms with Gasteiger partial charge in [-0.25, -0.2) is 20.3 Å². The number of nitrogens with one attached hydrogen (secondary N) is 1. The van der Waals surface area contributed by atoms with Crippen molar-refractivity contribution >= 4 is 29.1 Å². The SMILES string of the molecule is CC[C@@H]1c2nncn2-c2cnc(-n3ccnc3-c3ccccc3)nc2N1C1CCCC1.CC[C@@H]1c2nncn2-c2cnc(Cl)nc2N1C1CCCC1.[C+]1=CNC(c2ccccc2)=N1. The van der Waals surface area contributed by atoms with Gasteiger partial charge >= 0.3 is 0 Å². The molecule has 0 radical (unpaired) electrons. The van der Waals surface area contributed by atoms with Crippen molar-refractivity contribution in [1.29, 1.82) is 0 Å². The lowest BCUT2D eigenvalue weighted by atomic mass is 10.0. The molecule has 0 saturated heterocycles. The third-order valence-corrected chi connectivity index (χ3v) is 12.7. The van der Waals surface area contributed by atoms with Crippen molar-refractivity contribution in [3.8, 4) is 28.7 Å². The Hall–Kier alpha value is -6.90. The van der Waals surface area contributed by atoms with Crippen LogP contribution in [0.25, 0.3) is 28.7 Å². The zero-order chi connectivity index (χ0) is 42.7. The number of hydrogen-bond donors (Lipinski definition) is 1. The van der Waals surface area contributed by atoms with Crippen molar-refractivity contribution in [2.75, 3.05) is 9.80 Å². The van der Waals surface area contributed by atoms with E-state index < -0.39 is 0 Å². The van der Waals surface area contributed by atoms with Crippen LogP contribution in [-0.2, 0) is 0 Å². The van der Waals surface area contributed by atoms with Crippen LogP contribution < -0.4 is 15.1 Å².